The van der Waals surface area contributed by atoms with E-state index in [0.717, 1.165) is 6.26 Å². The van der Waals surface area contributed by atoms with E-state index < -0.39 is 16.2 Å². The zero-order valence-corrected chi connectivity index (χ0v) is 12.8. The highest BCUT2D eigenvalue weighted by molar-refractivity contribution is 7.85. The highest BCUT2D eigenvalue weighted by atomic mass is 32.2. The van der Waals surface area contributed by atoms with Crippen molar-refractivity contribution in [3.63, 3.8) is 0 Å². The van der Waals surface area contributed by atoms with E-state index in [-0.39, 0.29) is 31.2 Å². The van der Waals surface area contributed by atoms with Crippen molar-refractivity contribution < 1.29 is 31.7 Å². The summed E-state index contributed by atoms with van der Waals surface area (Å²) in [5.41, 5.74) is 7.91. The molecule has 0 saturated carbocycles. The Morgan fingerprint density at radius 2 is 1.77 bits per heavy atom. The van der Waals surface area contributed by atoms with Crippen LogP contribution in [0.4, 0.5) is 0 Å². The molecule has 124 valence electrons. The predicted octanol–water partition coefficient (Wildman–Crippen LogP) is 0.670. The molecule has 2 aliphatic rings. The highest BCUT2D eigenvalue weighted by Crippen LogP contribution is 2.14. The molecule has 0 N–H and O–H groups in total. The minimum absolute atomic E-state index is 0.0649. The first kappa shape index (κ1) is 18.2. The van der Waals surface area contributed by atoms with Crippen molar-refractivity contribution in [2.45, 2.75) is 37.9 Å². The summed E-state index contributed by atoms with van der Waals surface area (Å²) in [5, 5.41) is 3.29. The lowest BCUT2D eigenvalue weighted by Gasteiger charge is -2.07. The third-order valence-corrected chi connectivity index (χ3v) is 3.32. The van der Waals surface area contributed by atoms with Crippen LogP contribution in [0.5, 0.6) is 0 Å². The first-order valence-corrected chi connectivity index (χ1v) is 8.36. The van der Waals surface area contributed by atoms with E-state index in [1.807, 2.05) is 0 Å². The number of carbonyl (C=O) groups is 2. The molecular formula is C11H17N3O7S. The van der Waals surface area contributed by atoms with Gasteiger partial charge in [0.1, 0.15) is 18.8 Å². The molecule has 10 nitrogen and oxygen atoms in total. The summed E-state index contributed by atoms with van der Waals surface area (Å²) in [7, 11) is -3.42. The van der Waals surface area contributed by atoms with Crippen molar-refractivity contribution in [2.24, 2.45) is 5.11 Å². The van der Waals surface area contributed by atoms with Gasteiger partial charge in [-0.2, -0.15) is 8.42 Å². The number of rotatable bonds is 5. The van der Waals surface area contributed by atoms with Gasteiger partial charge in [-0.3, -0.25) is 13.8 Å². The van der Waals surface area contributed by atoms with Crippen molar-refractivity contribution in [2.75, 3.05) is 19.4 Å². The molecule has 0 unspecified atom stereocenters. The minimum atomic E-state index is -3.42. The molecule has 2 fully saturated rings. The standard InChI is InChI=1S/C6H10O5S.C5H7N3O2/c1-12(8,9)10-4-5-2-3-6(7)11-5;6-8-7-3-4-1-2-5(9)10-4/h5H,2-4H2,1H3;4H,1-3H2/t5-;4-/m11/s1. The topological polar surface area (TPSA) is 145 Å². The molecule has 0 amide bonds. The van der Waals surface area contributed by atoms with Crippen LogP contribution in [0, 0.1) is 0 Å². The van der Waals surface area contributed by atoms with Gasteiger partial charge >= 0.3 is 11.9 Å². The Morgan fingerprint density at radius 1 is 1.23 bits per heavy atom. The average molecular weight is 335 g/mol. The van der Waals surface area contributed by atoms with Crippen LogP contribution >= 0.6 is 0 Å². The van der Waals surface area contributed by atoms with Crippen LogP contribution < -0.4 is 0 Å². The monoisotopic (exact) mass is 335 g/mol. The van der Waals surface area contributed by atoms with Crippen LogP contribution in [0.2, 0.25) is 0 Å². The third-order valence-electron chi connectivity index (χ3n) is 2.75. The van der Waals surface area contributed by atoms with Gasteiger partial charge in [-0.25, -0.2) is 0 Å². The SMILES string of the molecule is CS(=O)(=O)OC[C@H]1CCC(=O)O1.[N-]=[N+]=NC[C@H]1CCC(=O)O1. The minimum Gasteiger partial charge on any atom is -0.462 e. The molecule has 0 radical (unpaired) electrons. The quantitative estimate of drug-likeness (QED) is 0.236. The Kier molecular flexibility index (Phi) is 7.09. The van der Waals surface area contributed by atoms with Crippen molar-refractivity contribution in [1.82, 2.24) is 0 Å². The van der Waals surface area contributed by atoms with Crippen molar-refractivity contribution in [3.05, 3.63) is 10.4 Å². The van der Waals surface area contributed by atoms with Crippen molar-refractivity contribution in [3.8, 4) is 0 Å². The molecule has 2 atom stereocenters. The van der Waals surface area contributed by atoms with Crippen LogP contribution in [-0.4, -0.2) is 52.0 Å². The first-order valence-electron chi connectivity index (χ1n) is 6.54. The van der Waals surface area contributed by atoms with Gasteiger partial charge in [-0.15, -0.1) is 0 Å². The highest BCUT2D eigenvalue weighted by Gasteiger charge is 2.24. The van der Waals surface area contributed by atoms with E-state index in [1.54, 1.807) is 0 Å². The van der Waals surface area contributed by atoms with Crippen LogP contribution in [0.25, 0.3) is 10.4 Å². The number of hydrogen-bond donors (Lipinski definition) is 0. The van der Waals surface area contributed by atoms with Gasteiger partial charge in [-0.1, -0.05) is 5.11 Å². The van der Waals surface area contributed by atoms with E-state index >= 15 is 0 Å². The zero-order chi connectivity index (χ0) is 16.6. The van der Waals surface area contributed by atoms with Gasteiger partial charge in [-0.05, 0) is 18.4 Å². The van der Waals surface area contributed by atoms with Gasteiger partial charge in [0.25, 0.3) is 10.1 Å². The summed E-state index contributed by atoms with van der Waals surface area (Å²) in [6.07, 6.45) is 2.40. The summed E-state index contributed by atoms with van der Waals surface area (Å²) < 4.78 is 35.0. The molecule has 2 aliphatic heterocycles. The van der Waals surface area contributed by atoms with E-state index in [0.29, 0.717) is 25.7 Å². The summed E-state index contributed by atoms with van der Waals surface area (Å²) in [6.45, 7) is 0.201. The molecule has 11 heteroatoms. The number of nitrogens with zero attached hydrogens (tertiary/aromatic N) is 3. The maximum Gasteiger partial charge on any atom is 0.306 e. The van der Waals surface area contributed by atoms with Crippen molar-refractivity contribution in [1.29, 1.82) is 0 Å². The van der Waals surface area contributed by atoms with Crippen LogP contribution in [-0.2, 0) is 33.4 Å². The van der Waals surface area contributed by atoms with Gasteiger partial charge in [0.2, 0.25) is 0 Å². The molecule has 2 saturated heterocycles. The van der Waals surface area contributed by atoms with E-state index in [9.17, 15) is 18.0 Å². The predicted molar refractivity (Wildman–Crippen MR) is 73.0 cm³/mol. The molecule has 2 rings (SSSR count). The summed E-state index contributed by atoms with van der Waals surface area (Å²) in [4.78, 5) is 23.6. The second-order valence-corrected chi connectivity index (χ2v) is 6.35. The van der Waals surface area contributed by atoms with Gasteiger partial charge < -0.3 is 9.47 Å². The molecule has 22 heavy (non-hydrogen) atoms. The average Bonchev–Trinajstić information content (AvgIpc) is 3.03. The summed E-state index contributed by atoms with van der Waals surface area (Å²) >= 11 is 0. The fourth-order valence-corrected chi connectivity index (χ4v) is 2.14. The second-order valence-electron chi connectivity index (χ2n) is 4.70. The normalized spacial score (nSPS) is 23.9. The molecule has 0 aromatic heterocycles. The summed E-state index contributed by atoms with van der Waals surface area (Å²) in [6, 6.07) is 0. The molecule has 0 aliphatic carbocycles. The second kappa shape index (κ2) is 8.57. The Bertz CT molecular complexity index is 556. The Labute approximate surface area is 127 Å². The molecule has 0 spiro atoms. The van der Waals surface area contributed by atoms with Crippen molar-refractivity contribution >= 4 is 22.1 Å². The number of hydrogen-bond acceptors (Lipinski definition) is 8. The lowest BCUT2D eigenvalue weighted by Crippen LogP contribution is -2.17. The number of azide groups is 1. The number of ether oxygens (including phenoxy) is 2. The summed E-state index contributed by atoms with van der Waals surface area (Å²) in [5.74, 6) is -0.491. The lowest BCUT2D eigenvalue weighted by molar-refractivity contribution is -0.142. The van der Waals surface area contributed by atoms with Gasteiger partial charge in [0.15, 0.2) is 0 Å². The molecule has 0 aromatic rings. The maximum absolute atomic E-state index is 10.6. The fraction of sp³-hybridized carbons (Fsp3) is 0.818. The Balaban J connectivity index is 0.000000224. The third kappa shape index (κ3) is 7.81. The zero-order valence-electron chi connectivity index (χ0n) is 12.0. The molecular weight excluding hydrogens is 318 g/mol. The number of carbonyl (C=O) groups excluding carboxylic acids is 2. The molecule has 0 aromatic carbocycles. The van der Waals surface area contributed by atoms with E-state index in [1.165, 1.54) is 0 Å². The van der Waals surface area contributed by atoms with Gasteiger partial charge in [0.05, 0.1) is 12.8 Å². The Morgan fingerprint density at radius 3 is 2.18 bits per heavy atom. The van der Waals surface area contributed by atoms with E-state index in [4.69, 9.17) is 15.0 Å². The van der Waals surface area contributed by atoms with Gasteiger partial charge in [0, 0.05) is 17.8 Å². The molecule has 2 heterocycles. The van der Waals surface area contributed by atoms with Crippen LogP contribution in [0.1, 0.15) is 25.7 Å². The number of esters is 2. The first-order chi connectivity index (χ1) is 10.3. The number of cyclic esters (lactones) is 2. The van der Waals surface area contributed by atoms with Crippen LogP contribution in [0.15, 0.2) is 5.11 Å². The van der Waals surface area contributed by atoms with E-state index in [2.05, 4.69) is 14.2 Å². The molecule has 0 bridgehead atoms. The Hall–Kier alpha value is -1.84. The van der Waals surface area contributed by atoms with Crippen LogP contribution in [0.3, 0.4) is 0 Å². The smallest absolute Gasteiger partial charge is 0.306 e. The largest absolute Gasteiger partial charge is 0.462 e. The lowest BCUT2D eigenvalue weighted by atomic mass is 10.2. The maximum atomic E-state index is 10.6. The fourth-order valence-electron chi connectivity index (χ4n) is 1.74.